The van der Waals surface area contributed by atoms with Crippen LogP contribution in [0.2, 0.25) is 0 Å². The molecular weight excluding hydrogens is 482 g/mol. The fraction of sp³-hybridized carbons (Fsp3) is 0.290. The van der Waals surface area contributed by atoms with Crippen molar-refractivity contribution in [2.45, 2.75) is 33.2 Å². The summed E-state index contributed by atoms with van der Waals surface area (Å²) in [7, 11) is 3.19. The minimum absolute atomic E-state index is 0.110. The van der Waals surface area contributed by atoms with Crippen LogP contribution in [-0.4, -0.2) is 38.2 Å². The van der Waals surface area contributed by atoms with Crippen LogP contribution < -0.4 is 19.6 Å². The quantitative estimate of drug-likeness (QED) is 0.305. The van der Waals surface area contributed by atoms with E-state index >= 15 is 0 Å². The first-order valence-corrected chi connectivity index (χ1v) is 12.7. The number of rotatable bonds is 8. The van der Waals surface area contributed by atoms with Gasteiger partial charge in [-0.2, -0.15) is 0 Å². The zero-order valence-corrected chi connectivity index (χ0v) is 22.3. The van der Waals surface area contributed by atoms with E-state index < -0.39 is 6.04 Å². The van der Waals surface area contributed by atoms with Crippen molar-refractivity contribution in [1.29, 1.82) is 0 Å². The van der Waals surface area contributed by atoms with Gasteiger partial charge in [-0.15, -0.1) is 0 Å². The lowest BCUT2D eigenvalue weighted by atomic mass is 9.96. The highest BCUT2D eigenvalue weighted by atomic mass is 16.5. The molecule has 2 heterocycles. The Balaban J connectivity index is 1.60. The van der Waals surface area contributed by atoms with Gasteiger partial charge in [0, 0.05) is 6.54 Å². The van der Waals surface area contributed by atoms with Gasteiger partial charge in [0.1, 0.15) is 11.3 Å². The molecule has 1 aliphatic heterocycles. The Hall–Kier alpha value is -4.26. The second-order valence-corrected chi connectivity index (χ2v) is 9.47. The normalized spacial score (nSPS) is 14.6. The standard InChI is InChI=1S/C31H31NO6/c1-6-37-22-10-8-21(9-11-22)28-27-29(33)26-19(3)15-18(2)16-25(26)38-30(27)31(34)32(28)14-13-20-7-12-23(35-4)24(17-20)36-5/h7-12,15-17,28H,6,13-14H2,1-5H3. The Kier molecular flexibility index (Phi) is 6.85. The Morgan fingerprint density at radius 1 is 0.921 bits per heavy atom. The third kappa shape index (κ3) is 4.38. The maximum atomic E-state index is 13.9. The highest BCUT2D eigenvalue weighted by Gasteiger charge is 2.42. The summed E-state index contributed by atoms with van der Waals surface area (Å²) in [6.07, 6.45) is 0.555. The molecule has 5 rings (SSSR count). The molecule has 1 amide bonds. The molecule has 0 saturated carbocycles. The Bertz CT molecular complexity index is 1570. The van der Waals surface area contributed by atoms with Gasteiger partial charge in [0.05, 0.1) is 37.8 Å². The van der Waals surface area contributed by atoms with Crippen LogP contribution in [0.3, 0.4) is 0 Å². The summed E-state index contributed by atoms with van der Waals surface area (Å²) in [4.78, 5) is 29.4. The number of carbonyl (C=O) groups is 1. The van der Waals surface area contributed by atoms with Crippen molar-refractivity contribution >= 4 is 16.9 Å². The zero-order valence-electron chi connectivity index (χ0n) is 22.3. The van der Waals surface area contributed by atoms with Crippen molar-refractivity contribution in [3.8, 4) is 17.2 Å². The SMILES string of the molecule is CCOc1ccc(C2c3c(oc4cc(C)cc(C)c4c3=O)C(=O)N2CCc2ccc(OC)c(OC)c2)cc1. The molecule has 0 radical (unpaired) electrons. The molecule has 7 nitrogen and oxygen atoms in total. The Labute approximate surface area is 221 Å². The number of nitrogens with zero attached hydrogens (tertiary/aromatic N) is 1. The van der Waals surface area contributed by atoms with Crippen LogP contribution in [0.15, 0.2) is 63.8 Å². The fourth-order valence-corrected chi connectivity index (χ4v) is 5.29. The van der Waals surface area contributed by atoms with E-state index in [1.54, 1.807) is 19.1 Å². The molecule has 0 fully saturated rings. The topological polar surface area (TPSA) is 78.2 Å². The number of benzene rings is 3. The minimum atomic E-state index is -0.574. The van der Waals surface area contributed by atoms with Crippen molar-refractivity contribution in [2.75, 3.05) is 27.4 Å². The number of methoxy groups -OCH3 is 2. The summed E-state index contributed by atoms with van der Waals surface area (Å²) in [6.45, 7) is 6.70. The number of aryl methyl sites for hydroxylation is 2. The second kappa shape index (κ2) is 10.2. The van der Waals surface area contributed by atoms with Gasteiger partial charge in [0.15, 0.2) is 16.9 Å². The lowest BCUT2D eigenvalue weighted by Gasteiger charge is -2.25. The predicted octanol–water partition coefficient (Wildman–Crippen LogP) is 5.61. The van der Waals surface area contributed by atoms with Crippen LogP contribution >= 0.6 is 0 Å². The van der Waals surface area contributed by atoms with Crippen molar-refractivity contribution in [3.63, 3.8) is 0 Å². The van der Waals surface area contributed by atoms with Crippen molar-refractivity contribution in [3.05, 3.63) is 98.4 Å². The molecule has 0 aliphatic carbocycles. The largest absolute Gasteiger partial charge is 0.494 e. The first kappa shape index (κ1) is 25.4. The molecular formula is C31H31NO6. The van der Waals surface area contributed by atoms with Crippen LogP contribution in [0, 0.1) is 13.8 Å². The molecule has 0 saturated heterocycles. The maximum Gasteiger partial charge on any atom is 0.290 e. The lowest BCUT2D eigenvalue weighted by molar-refractivity contribution is 0.0730. The third-order valence-electron chi connectivity index (χ3n) is 7.01. The van der Waals surface area contributed by atoms with Crippen molar-refractivity contribution in [1.82, 2.24) is 4.90 Å². The van der Waals surface area contributed by atoms with Crippen LogP contribution in [0.1, 0.15) is 51.3 Å². The highest BCUT2D eigenvalue weighted by molar-refractivity contribution is 5.99. The molecule has 196 valence electrons. The van der Waals surface area contributed by atoms with E-state index in [4.69, 9.17) is 18.6 Å². The minimum Gasteiger partial charge on any atom is -0.494 e. The van der Waals surface area contributed by atoms with E-state index in [0.717, 1.165) is 28.0 Å². The van der Waals surface area contributed by atoms with Crippen LogP contribution in [0.5, 0.6) is 17.2 Å². The number of fused-ring (bicyclic) bond motifs is 2. The molecule has 1 aromatic heterocycles. The van der Waals surface area contributed by atoms with Gasteiger partial charge >= 0.3 is 0 Å². The number of carbonyl (C=O) groups excluding carboxylic acids is 1. The zero-order chi connectivity index (χ0) is 27.0. The van der Waals surface area contributed by atoms with Gasteiger partial charge in [0.25, 0.3) is 5.91 Å². The van der Waals surface area contributed by atoms with E-state index in [1.807, 2.05) is 75.4 Å². The molecule has 1 unspecified atom stereocenters. The number of hydrogen-bond acceptors (Lipinski definition) is 6. The average Bonchev–Trinajstić information content (AvgIpc) is 3.19. The van der Waals surface area contributed by atoms with Gasteiger partial charge in [-0.3, -0.25) is 9.59 Å². The van der Waals surface area contributed by atoms with Gasteiger partial charge in [-0.05, 0) is 79.8 Å². The van der Waals surface area contributed by atoms with E-state index in [2.05, 4.69) is 0 Å². The first-order valence-electron chi connectivity index (χ1n) is 12.7. The van der Waals surface area contributed by atoms with Gasteiger partial charge < -0.3 is 23.5 Å². The number of ether oxygens (including phenoxy) is 3. The molecule has 4 aromatic rings. The second-order valence-electron chi connectivity index (χ2n) is 9.47. The molecule has 0 N–H and O–H groups in total. The molecule has 1 aliphatic rings. The molecule has 1 atom stereocenters. The number of amides is 1. The third-order valence-corrected chi connectivity index (χ3v) is 7.01. The number of hydrogen-bond donors (Lipinski definition) is 0. The fourth-order valence-electron chi connectivity index (χ4n) is 5.29. The Morgan fingerprint density at radius 2 is 1.66 bits per heavy atom. The molecule has 38 heavy (non-hydrogen) atoms. The van der Waals surface area contributed by atoms with Crippen LogP contribution in [-0.2, 0) is 6.42 Å². The van der Waals surface area contributed by atoms with Crippen molar-refractivity contribution in [2.24, 2.45) is 0 Å². The average molecular weight is 514 g/mol. The Morgan fingerprint density at radius 3 is 2.34 bits per heavy atom. The summed E-state index contributed by atoms with van der Waals surface area (Å²) < 4.78 is 22.6. The summed E-state index contributed by atoms with van der Waals surface area (Å²) in [6, 6.07) is 16.5. The van der Waals surface area contributed by atoms with E-state index in [0.29, 0.717) is 47.6 Å². The maximum absolute atomic E-state index is 13.9. The van der Waals surface area contributed by atoms with Gasteiger partial charge in [-0.1, -0.05) is 24.3 Å². The van der Waals surface area contributed by atoms with Gasteiger partial charge in [0.2, 0.25) is 5.76 Å². The van der Waals surface area contributed by atoms with Crippen LogP contribution in [0.25, 0.3) is 11.0 Å². The lowest BCUT2D eigenvalue weighted by Crippen LogP contribution is -2.31. The first-order chi connectivity index (χ1) is 18.4. The molecule has 7 heteroatoms. The summed E-state index contributed by atoms with van der Waals surface area (Å²) in [5.74, 6) is 1.81. The molecule has 0 spiro atoms. The predicted molar refractivity (Wildman–Crippen MR) is 146 cm³/mol. The smallest absolute Gasteiger partial charge is 0.290 e. The highest BCUT2D eigenvalue weighted by Crippen LogP contribution is 2.39. The van der Waals surface area contributed by atoms with Crippen LogP contribution in [0.4, 0.5) is 0 Å². The monoisotopic (exact) mass is 513 g/mol. The summed E-state index contributed by atoms with van der Waals surface area (Å²) in [5, 5.41) is 0.514. The van der Waals surface area contributed by atoms with E-state index in [-0.39, 0.29) is 17.1 Å². The van der Waals surface area contributed by atoms with Gasteiger partial charge in [-0.25, -0.2) is 0 Å². The molecule has 0 bridgehead atoms. The summed E-state index contributed by atoms with van der Waals surface area (Å²) >= 11 is 0. The van der Waals surface area contributed by atoms with E-state index in [9.17, 15) is 9.59 Å². The van der Waals surface area contributed by atoms with E-state index in [1.165, 1.54) is 0 Å². The molecule has 3 aromatic carbocycles. The summed E-state index contributed by atoms with van der Waals surface area (Å²) in [5.41, 5.74) is 4.25. The van der Waals surface area contributed by atoms with Crippen molar-refractivity contribution < 1.29 is 23.4 Å².